The molecule has 6 rings (SSSR count). The molecule has 1 aromatic heterocycles. The van der Waals surface area contributed by atoms with Crippen LogP contribution in [0.25, 0.3) is 16.7 Å². The number of ether oxygens (including phenoxy) is 2. The van der Waals surface area contributed by atoms with Crippen molar-refractivity contribution in [1.29, 1.82) is 0 Å². The second-order valence-corrected chi connectivity index (χ2v) is 13.4. The minimum atomic E-state index is -1.28. The minimum Gasteiger partial charge on any atom is -0.480 e. The fourth-order valence-electron chi connectivity index (χ4n) is 5.89. The molecule has 0 radical (unpaired) electrons. The van der Waals surface area contributed by atoms with Crippen LogP contribution in [0.5, 0.6) is 5.75 Å². The standard InChI is InChI=1S/C33H28N4O11S/c1-33(2)24(30(42)43)37-28(41)22(29(37)49-33)35-26(39)21(16-9-5-4-6-10-16)34-25(38)17-11-7-12-18(15-17)36-27(40)19-13-8-14-20(47-32(45)46-3)23(19)48-31(36)44/h4-15,21-22,24,29H,1-3H3,(H,34,38)(H,35,39)(H,42,43). The molecule has 2 aliphatic rings. The number of para-hydroxylation sites is 1. The molecule has 2 saturated heterocycles. The van der Waals surface area contributed by atoms with E-state index in [1.165, 1.54) is 59.1 Å². The van der Waals surface area contributed by atoms with Crippen molar-refractivity contribution in [3.63, 3.8) is 0 Å². The molecule has 252 valence electrons. The summed E-state index contributed by atoms with van der Waals surface area (Å²) in [5, 5.41) is 14.4. The maximum atomic E-state index is 13.7. The third-order valence-corrected chi connectivity index (χ3v) is 9.73. The summed E-state index contributed by atoms with van der Waals surface area (Å²) in [6.45, 7) is 3.43. The van der Waals surface area contributed by atoms with Crippen LogP contribution in [0.4, 0.5) is 4.79 Å². The van der Waals surface area contributed by atoms with Crippen LogP contribution < -0.4 is 26.7 Å². The Labute approximate surface area is 280 Å². The number of nitrogens with one attached hydrogen (secondary N) is 2. The van der Waals surface area contributed by atoms with E-state index in [0.29, 0.717) is 10.1 Å². The highest BCUT2D eigenvalue weighted by Crippen LogP contribution is 2.50. The van der Waals surface area contributed by atoms with Gasteiger partial charge in [0.1, 0.15) is 23.5 Å². The van der Waals surface area contributed by atoms with Crippen molar-refractivity contribution < 1.29 is 43.0 Å². The summed E-state index contributed by atoms with van der Waals surface area (Å²) >= 11 is 1.27. The lowest BCUT2D eigenvalue weighted by Crippen LogP contribution is -2.71. The van der Waals surface area contributed by atoms with Crippen LogP contribution in [0.2, 0.25) is 0 Å². The first-order valence-corrected chi connectivity index (χ1v) is 15.6. The van der Waals surface area contributed by atoms with Gasteiger partial charge in [0.25, 0.3) is 11.5 Å². The summed E-state index contributed by atoms with van der Waals surface area (Å²) in [4.78, 5) is 91.6. The van der Waals surface area contributed by atoms with E-state index in [-0.39, 0.29) is 28.0 Å². The molecule has 2 aliphatic heterocycles. The lowest BCUT2D eigenvalue weighted by molar-refractivity contribution is -0.161. The molecular weight excluding hydrogens is 660 g/mol. The lowest BCUT2D eigenvalue weighted by atomic mass is 9.95. The molecule has 0 saturated carbocycles. The number of fused-ring (bicyclic) bond motifs is 2. The molecular formula is C33H28N4O11S. The van der Waals surface area contributed by atoms with Gasteiger partial charge in [-0.05, 0) is 49.7 Å². The quantitative estimate of drug-likeness (QED) is 0.139. The largest absolute Gasteiger partial charge is 0.513 e. The number of hydrogen-bond acceptors (Lipinski definition) is 11. The normalized spacial score (nSPS) is 19.7. The number of nitrogens with zero attached hydrogens (tertiary/aromatic N) is 2. The SMILES string of the molecule is COC(=O)Oc1cccc2c(=O)n(-c3cccc(C(=O)NC(C(=O)NC4C(=O)N5C4SC(C)(C)C5C(=O)O)c4ccccc4)c3)c(=O)oc12. The molecule has 4 atom stereocenters. The Balaban J connectivity index is 1.27. The predicted molar refractivity (Wildman–Crippen MR) is 173 cm³/mol. The number of methoxy groups -OCH3 is 1. The summed E-state index contributed by atoms with van der Waals surface area (Å²) in [5.74, 6) is -4.48. The van der Waals surface area contributed by atoms with Crippen LogP contribution in [0, 0.1) is 0 Å². The number of aromatic nitrogens is 1. The van der Waals surface area contributed by atoms with Crippen molar-refractivity contribution in [3.05, 3.63) is 105 Å². The Morgan fingerprint density at radius 1 is 0.980 bits per heavy atom. The van der Waals surface area contributed by atoms with Gasteiger partial charge in [-0.25, -0.2) is 19.0 Å². The van der Waals surface area contributed by atoms with Gasteiger partial charge in [0.05, 0.1) is 18.2 Å². The van der Waals surface area contributed by atoms with Crippen molar-refractivity contribution in [2.75, 3.05) is 7.11 Å². The van der Waals surface area contributed by atoms with Crippen LogP contribution in [-0.4, -0.2) is 73.7 Å². The van der Waals surface area contributed by atoms with Crippen molar-refractivity contribution in [1.82, 2.24) is 20.1 Å². The Kier molecular flexibility index (Phi) is 8.50. The number of carbonyl (C=O) groups is 5. The lowest BCUT2D eigenvalue weighted by Gasteiger charge is -2.44. The molecule has 16 heteroatoms. The molecule has 3 N–H and O–H groups in total. The Bertz CT molecular complexity index is 2150. The van der Waals surface area contributed by atoms with Gasteiger partial charge in [0.15, 0.2) is 11.3 Å². The number of carboxylic acid groups (broad SMARTS) is 1. The molecule has 3 amide bonds. The smallest absolute Gasteiger partial charge is 0.480 e. The number of rotatable bonds is 8. The van der Waals surface area contributed by atoms with Crippen LogP contribution in [0.15, 0.2) is 86.8 Å². The third kappa shape index (κ3) is 5.90. The van der Waals surface area contributed by atoms with E-state index in [9.17, 15) is 38.7 Å². The Hall–Kier alpha value is -5.90. The fourth-order valence-corrected chi connectivity index (χ4v) is 7.51. The topological polar surface area (TPSA) is 204 Å². The first-order chi connectivity index (χ1) is 23.3. The summed E-state index contributed by atoms with van der Waals surface area (Å²) in [6.07, 6.45) is -1.09. The highest BCUT2D eigenvalue weighted by atomic mass is 32.2. The van der Waals surface area contributed by atoms with E-state index in [0.717, 1.165) is 7.11 Å². The number of hydrogen-bond donors (Lipinski definition) is 3. The Morgan fingerprint density at radius 2 is 1.69 bits per heavy atom. The average molecular weight is 689 g/mol. The molecule has 3 heterocycles. The maximum Gasteiger partial charge on any atom is 0.513 e. The van der Waals surface area contributed by atoms with E-state index >= 15 is 0 Å². The van der Waals surface area contributed by atoms with Crippen LogP contribution in [-0.2, 0) is 19.1 Å². The monoisotopic (exact) mass is 688 g/mol. The summed E-state index contributed by atoms with van der Waals surface area (Å²) in [7, 11) is 1.09. The maximum absolute atomic E-state index is 13.7. The van der Waals surface area contributed by atoms with Gasteiger partial charge in [0, 0.05) is 10.3 Å². The van der Waals surface area contributed by atoms with Crippen LogP contribution in [0.3, 0.4) is 0 Å². The predicted octanol–water partition coefficient (Wildman–Crippen LogP) is 2.19. The highest BCUT2D eigenvalue weighted by molar-refractivity contribution is 8.01. The number of amides is 3. The van der Waals surface area contributed by atoms with E-state index < -0.39 is 69.4 Å². The number of thioether (sulfide) groups is 1. The van der Waals surface area contributed by atoms with Gasteiger partial charge in [-0.15, -0.1) is 11.8 Å². The Morgan fingerprint density at radius 3 is 2.39 bits per heavy atom. The number of aliphatic carboxylic acids is 1. The summed E-state index contributed by atoms with van der Waals surface area (Å²) in [5.41, 5.74) is -0.757. The zero-order valence-electron chi connectivity index (χ0n) is 26.1. The molecule has 4 unspecified atom stereocenters. The number of carbonyl (C=O) groups excluding carboxylic acids is 4. The van der Waals surface area contributed by atoms with Gasteiger partial charge < -0.3 is 34.5 Å². The van der Waals surface area contributed by atoms with E-state index in [1.54, 1.807) is 44.2 Å². The average Bonchev–Trinajstić information content (AvgIpc) is 3.34. The van der Waals surface area contributed by atoms with Crippen LogP contribution >= 0.6 is 11.8 Å². The van der Waals surface area contributed by atoms with Gasteiger partial charge in [0.2, 0.25) is 11.8 Å². The summed E-state index contributed by atoms with van der Waals surface area (Å²) < 4.78 is 14.7. The molecule has 4 aromatic rings. The molecule has 0 bridgehead atoms. The van der Waals surface area contributed by atoms with Crippen molar-refractivity contribution in [3.8, 4) is 11.4 Å². The fraction of sp³-hybridized carbons (Fsp3) is 0.242. The number of carboxylic acids is 1. The molecule has 15 nitrogen and oxygen atoms in total. The second kappa shape index (κ2) is 12.6. The van der Waals surface area contributed by atoms with Gasteiger partial charge in [-0.3, -0.25) is 19.2 Å². The molecule has 0 aliphatic carbocycles. The van der Waals surface area contributed by atoms with Crippen LogP contribution in [0.1, 0.15) is 35.8 Å². The second-order valence-electron chi connectivity index (χ2n) is 11.6. The molecule has 0 spiro atoms. The highest BCUT2D eigenvalue weighted by Gasteiger charge is 2.64. The van der Waals surface area contributed by atoms with Crippen molar-refractivity contribution in [2.45, 2.75) is 42.1 Å². The van der Waals surface area contributed by atoms with Gasteiger partial charge in [-0.2, -0.15) is 0 Å². The molecule has 2 fully saturated rings. The molecule has 3 aromatic carbocycles. The van der Waals surface area contributed by atoms with Gasteiger partial charge >= 0.3 is 17.9 Å². The zero-order valence-corrected chi connectivity index (χ0v) is 26.9. The number of benzene rings is 3. The van der Waals surface area contributed by atoms with Gasteiger partial charge in [-0.1, -0.05) is 42.5 Å². The molecule has 49 heavy (non-hydrogen) atoms. The third-order valence-electron chi connectivity index (χ3n) is 8.15. The minimum absolute atomic E-state index is 0.0244. The number of β-lactam (4-membered cyclic amide) rings is 1. The zero-order chi connectivity index (χ0) is 35.2. The van der Waals surface area contributed by atoms with E-state index in [4.69, 9.17) is 9.15 Å². The van der Waals surface area contributed by atoms with Crippen molar-refractivity contribution in [2.24, 2.45) is 0 Å². The first-order valence-electron chi connectivity index (χ1n) is 14.8. The summed E-state index contributed by atoms with van der Waals surface area (Å²) in [6, 6.07) is 14.5. The first kappa shape index (κ1) is 33.0. The van der Waals surface area contributed by atoms with Crippen molar-refractivity contribution >= 4 is 52.6 Å². The van der Waals surface area contributed by atoms with E-state index in [2.05, 4.69) is 15.4 Å². The van der Waals surface area contributed by atoms with E-state index in [1.807, 2.05) is 0 Å².